The van der Waals surface area contributed by atoms with Crippen LogP contribution in [-0.2, 0) is 6.42 Å². The van der Waals surface area contributed by atoms with Gasteiger partial charge in [0.25, 0.3) is 5.56 Å². The van der Waals surface area contributed by atoms with Gasteiger partial charge >= 0.3 is 0 Å². The quantitative estimate of drug-likeness (QED) is 0.620. The lowest BCUT2D eigenvalue weighted by Gasteiger charge is -2.09. The zero-order valence-corrected chi connectivity index (χ0v) is 15.8. The highest BCUT2D eigenvalue weighted by atomic mass is 79.9. The molecule has 3 rings (SSSR count). The number of benzene rings is 2. The number of nitrogens with zero attached hydrogens (tertiary/aromatic N) is 3. The SMILES string of the molecule is CCCCc1nc2ccc(Br)cc2c(=O)n1N=Cc1ccc(O)cc1O. The van der Waals surface area contributed by atoms with Gasteiger partial charge in [0, 0.05) is 22.5 Å². The first-order chi connectivity index (χ1) is 12.5. The van der Waals surface area contributed by atoms with Crippen LogP contribution in [0.15, 0.2) is 50.8 Å². The van der Waals surface area contributed by atoms with Gasteiger partial charge in [-0.2, -0.15) is 9.78 Å². The van der Waals surface area contributed by atoms with Crippen molar-refractivity contribution in [1.82, 2.24) is 9.66 Å². The van der Waals surface area contributed by atoms with Crippen LogP contribution in [-0.4, -0.2) is 26.1 Å². The maximum Gasteiger partial charge on any atom is 0.282 e. The van der Waals surface area contributed by atoms with E-state index < -0.39 is 0 Å². The fourth-order valence-electron chi connectivity index (χ4n) is 2.57. The zero-order chi connectivity index (χ0) is 18.7. The third-order valence-electron chi connectivity index (χ3n) is 3.96. The molecule has 0 aliphatic carbocycles. The van der Waals surface area contributed by atoms with Crippen molar-refractivity contribution in [3.8, 4) is 11.5 Å². The number of phenolic OH excluding ortho intramolecular Hbond substituents is 2. The molecule has 26 heavy (non-hydrogen) atoms. The number of halogens is 1. The number of aromatic nitrogens is 2. The van der Waals surface area contributed by atoms with Crippen molar-refractivity contribution in [2.75, 3.05) is 0 Å². The maximum atomic E-state index is 12.9. The summed E-state index contributed by atoms with van der Waals surface area (Å²) in [6.45, 7) is 2.07. The van der Waals surface area contributed by atoms with Crippen molar-refractivity contribution in [1.29, 1.82) is 0 Å². The molecule has 1 aromatic heterocycles. The van der Waals surface area contributed by atoms with Crippen LogP contribution in [0.3, 0.4) is 0 Å². The molecule has 0 aliphatic heterocycles. The van der Waals surface area contributed by atoms with Crippen LogP contribution < -0.4 is 5.56 Å². The molecule has 3 aromatic rings. The lowest BCUT2D eigenvalue weighted by molar-refractivity contribution is 0.450. The monoisotopic (exact) mass is 415 g/mol. The molecule has 6 nitrogen and oxygen atoms in total. The second-order valence-electron chi connectivity index (χ2n) is 5.90. The van der Waals surface area contributed by atoms with E-state index in [4.69, 9.17) is 0 Å². The Morgan fingerprint density at radius 2 is 2.04 bits per heavy atom. The number of aryl methyl sites for hydroxylation is 1. The first kappa shape index (κ1) is 18.1. The molecule has 0 fully saturated rings. The van der Waals surface area contributed by atoms with Crippen molar-refractivity contribution >= 4 is 33.0 Å². The van der Waals surface area contributed by atoms with Gasteiger partial charge in [-0.1, -0.05) is 29.3 Å². The van der Waals surface area contributed by atoms with Gasteiger partial charge in [0.15, 0.2) is 0 Å². The summed E-state index contributed by atoms with van der Waals surface area (Å²) in [5, 5.41) is 24.0. The smallest absolute Gasteiger partial charge is 0.282 e. The van der Waals surface area contributed by atoms with Crippen LogP contribution in [0.2, 0.25) is 0 Å². The van der Waals surface area contributed by atoms with Gasteiger partial charge in [-0.3, -0.25) is 4.79 Å². The number of unbranched alkanes of at least 4 members (excludes halogenated alkanes) is 1. The number of aromatic hydroxyl groups is 2. The highest BCUT2D eigenvalue weighted by molar-refractivity contribution is 9.10. The highest BCUT2D eigenvalue weighted by Crippen LogP contribution is 2.21. The van der Waals surface area contributed by atoms with E-state index in [-0.39, 0.29) is 17.1 Å². The fourth-order valence-corrected chi connectivity index (χ4v) is 2.93. The fraction of sp³-hybridized carbons (Fsp3) is 0.211. The number of rotatable bonds is 5. The molecule has 2 N–H and O–H groups in total. The Morgan fingerprint density at radius 1 is 1.23 bits per heavy atom. The molecule has 0 atom stereocenters. The molecule has 0 bridgehead atoms. The molecular formula is C19H18BrN3O3. The lowest BCUT2D eigenvalue weighted by atomic mass is 10.2. The molecule has 0 spiro atoms. The van der Waals surface area contributed by atoms with Crippen molar-refractivity contribution < 1.29 is 10.2 Å². The summed E-state index contributed by atoms with van der Waals surface area (Å²) in [5.41, 5.74) is 0.755. The van der Waals surface area contributed by atoms with Crippen LogP contribution in [0.4, 0.5) is 0 Å². The van der Waals surface area contributed by atoms with Crippen molar-refractivity contribution in [3.63, 3.8) is 0 Å². The van der Waals surface area contributed by atoms with E-state index in [1.165, 1.54) is 29.1 Å². The van der Waals surface area contributed by atoms with E-state index in [1.807, 2.05) is 6.07 Å². The Labute approximate surface area is 158 Å². The standard InChI is InChI=1S/C19H18BrN3O3/c1-2-3-4-18-22-16-8-6-13(20)9-15(16)19(26)23(18)21-11-12-5-7-14(24)10-17(12)25/h5-11,24-25H,2-4H2,1H3. The maximum absolute atomic E-state index is 12.9. The number of hydrogen-bond acceptors (Lipinski definition) is 5. The van der Waals surface area contributed by atoms with E-state index in [9.17, 15) is 15.0 Å². The Kier molecular flexibility index (Phi) is 5.37. The predicted octanol–water partition coefficient (Wildman–Crippen LogP) is 3.80. The molecule has 0 radical (unpaired) electrons. The molecule has 0 amide bonds. The number of hydrogen-bond donors (Lipinski definition) is 2. The molecular weight excluding hydrogens is 398 g/mol. The van der Waals surface area contributed by atoms with Crippen molar-refractivity contribution in [2.45, 2.75) is 26.2 Å². The molecule has 134 valence electrons. The zero-order valence-electron chi connectivity index (χ0n) is 14.2. The minimum Gasteiger partial charge on any atom is -0.508 e. The van der Waals surface area contributed by atoms with Gasteiger partial charge in [-0.15, -0.1) is 0 Å². The Bertz CT molecular complexity index is 1040. The molecule has 0 saturated carbocycles. The predicted molar refractivity (Wildman–Crippen MR) is 105 cm³/mol. The lowest BCUT2D eigenvalue weighted by Crippen LogP contribution is -2.22. The van der Waals surface area contributed by atoms with Crippen LogP contribution >= 0.6 is 15.9 Å². The topological polar surface area (TPSA) is 87.7 Å². The van der Waals surface area contributed by atoms with E-state index in [1.54, 1.807) is 12.1 Å². The first-order valence-corrected chi connectivity index (χ1v) is 9.06. The van der Waals surface area contributed by atoms with Gasteiger partial charge in [0.1, 0.15) is 17.3 Å². The first-order valence-electron chi connectivity index (χ1n) is 8.27. The minimum atomic E-state index is -0.267. The third-order valence-corrected chi connectivity index (χ3v) is 4.45. The van der Waals surface area contributed by atoms with Gasteiger partial charge in [0.05, 0.1) is 17.1 Å². The normalized spacial score (nSPS) is 11.5. The average molecular weight is 416 g/mol. The van der Waals surface area contributed by atoms with Gasteiger partial charge in [-0.05, 0) is 36.8 Å². The molecule has 0 aliphatic rings. The van der Waals surface area contributed by atoms with Crippen molar-refractivity contribution in [2.24, 2.45) is 5.10 Å². The molecule has 7 heteroatoms. The molecule has 0 unspecified atom stereocenters. The minimum absolute atomic E-state index is 0.0438. The largest absolute Gasteiger partial charge is 0.508 e. The summed E-state index contributed by atoms with van der Waals surface area (Å²) in [5.74, 6) is 0.410. The van der Waals surface area contributed by atoms with Gasteiger partial charge < -0.3 is 10.2 Å². The summed E-state index contributed by atoms with van der Waals surface area (Å²) < 4.78 is 2.06. The Hall–Kier alpha value is -2.67. The number of fused-ring (bicyclic) bond motifs is 1. The molecule has 1 heterocycles. The summed E-state index contributed by atoms with van der Waals surface area (Å²) >= 11 is 3.37. The van der Waals surface area contributed by atoms with Crippen LogP contribution in [0, 0.1) is 0 Å². The van der Waals surface area contributed by atoms with Gasteiger partial charge in [-0.25, -0.2) is 4.98 Å². The second-order valence-corrected chi connectivity index (χ2v) is 6.81. The highest BCUT2D eigenvalue weighted by Gasteiger charge is 2.11. The van der Waals surface area contributed by atoms with E-state index in [2.05, 4.69) is 32.9 Å². The van der Waals surface area contributed by atoms with Crippen LogP contribution in [0.25, 0.3) is 10.9 Å². The summed E-state index contributed by atoms with van der Waals surface area (Å²) in [7, 11) is 0. The van der Waals surface area contributed by atoms with Crippen LogP contribution in [0.1, 0.15) is 31.2 Å². The van der Waals surface area contributed by atoms with E-state index >= 15 is 0 Å². The van der Waals surface area contributed by atoms with E-state index in [0.29, 0.717) is 28.7 Å². The summed E-state index contributed by atoms with van der Waals surface area (Å²) in [6, 6.07) is 9.56. The average Bonchev–Trinajstić information content (AvgIpc) is 2.61. The number of phenols is 2. The molecule has 0 saturated heterocycles. The Morgan fingerprint density at radius 3 is 2.77 bits per heavy atom. The molecule has 2 aromatic carbocycles. The van der Waals surface area contributed by atoms with Crippen LogP contribution in [0.5, 0.6) is 11.5 Å². The van der Waals surface area contributed by atoms with E-state index in [0.717, 1.165) is 17.3 Å². The summed E-state index contributed by atoms with van der Waals surface area (Å²) in [4.78, 5) is 17.5. The van der Waals surface area contributed by atoms with Crippen molar-refractivity contribution in [3.05, 3.63) is 62.6 Å². The van der Waals surface area contributed by atoms with Gasteiger partial charge in [0.2, 0.25) is 0 Å². The third kappa shape index (κ3) is 3.77. The summed E-state index contributed by atoms with van der Waals surface area (Å²) in [6.07, 6.45) is 3.86. The second kappa shape index (κ2) is 7.70. The Balaban J connectivity index is 2.13.